The van der Waals surface area contributed by atoms with Crippen LogP contribution >= 0.6 is 0 Å². The molecule has 0 saturated heterocycles. The van der Waals surface area contributed by atoms with Crippen molar-refractivity contribution < 1.29 is 22.4 Å². The van der Waals surface area contributed by atoms with E-state index >= 15 is 0 Å². The third-order valence-corrected chi connectivity index (χ3v) is 7.07. The molecule has 2 aromatic rings. The highest BCUT2D eigenvalue weighted by Gasteiger charge is 2.31. The van der Waals surface area contributed by atoms with Crippen molar-refractivity contribution in [3.05, 3.63) is 65.5 Å². The summed E-state index contributed by atoms with van der Waals surface area (Å²) in [4.78, 5) is 27.8. The van der Waals surface area contributed by atoms with Gasteiger partial charge in [0.2, 0.25) is 21.8 Å². The smallest absolute Gasteiger partial charge is 0.244 e. The summed E-state index contributed by atoms with van der Waals surface area (Å²) in [6, 6.07) is 11.7. The zero-order valence-corrected chi connectivity index (χ0v) is 22.1. The van der Waals surface area contributed by atoms with Gasteiger partial charge in [-0.05, 0) is 55.5 Å². The molecule has 0 heterocycles. The summed E-state index contributed by atoms with van der Waals surface area (Å²) in [5.74, 6) is -1.27. The first-order valence-corrected chi connectivity index (χ1v) is 13.6. The van der Waals surface area contributed by atoms with Crippen LogP contribution in [0.4, 0.5) is 10.1 Å². The van der Waals surface area contributed by atoms with Gasteiger partial charge in [-0.3, -0.25) is 13.9 Å². The summed E-state index contributed by atoms with van der Waals surface area (Å²) in [6.07, 6.45) is 1.78. The molecule has 0 aliphatic carbocycles. The second kappa shape index (κ2) is 12.2. The average molecular weight is 506 g/mol. The molecule has 192 valence electrons. The predicted octanol–water partition coefficient (Wildman–Crippen LogP) is 4.05. The van der Waals surface area contributed by atoms with E-state index < -0.39 is 34.3 Å². The van der Waals surface area contributed by atoms with E-state index in [9.17, 15) is 22.4 Å². The largest absolute Gasteiger partial charge is 0.352 e. The standard InChI is InChI=1S/C26H36FN3O4S/c1-7-19(4)28-26(32)20(5)29(16-21-12-14-22(27)15-13-21)25(31)17-30(35(6,33)34)24-11-9-8-10-23(24)18(2)3/h8-15,18-20H,7,16-17H2,1-6H3,(H,28,32). The van der Waals surface area contributed by atoms with E-state index in [0.29, 0.717) is 11.3 Å². The summed E-state index contributed by atoms with van der Waals surface area (Å²) in [5.41, 5.74) is 1.84. The van der Waals surface area contributed by atoms with Gasteiger partial charge in [-0.1, -0.05) is 51.1 Å². The Morgan fingerprint density at radius 3 is 2.14 bits per heavy atom. The van der Waals surface area contributed by atoms with Crippen molar-refractivity contribution in [1.82, 2.24) is 10.2 Å². The number of nitrogens with one attached hydrogen (secondary N) is 1. The molecule has 0 bridgehead atoms. The zero-order valence-electron chi connectivity index (χ0n) is 21.3. The summed E-state index contributed by atoms with van der Waals surface area (Å²) in [5, 5.41) is 2.87. The molecule has 0 radical (unpaired) electrons. The van der Waals surface area contributed by atoms with Crippen molar-refractivity contribution in [1.29, 1.82) is 0 Å². The fraction of sp³-hybridized carbons (Fsp3) is 0.462. The lowest BCUT2D eigenvalue weighted by molar-refractivity contribution is -0.139. The Hall–Kier alpha value is -2.94. The SMILES string of the molecule is CCC(C)NC(=O)C(C)N(Cc1ccc(F)cc1)C(=O)CN(c1ccccc1C(C)C)S(C)(=O)=O. The molecule has 2 amide bonds. The van der Waals surface area contributed by atoms with E-state index in [-0.39, 0.29) is 24.4 Å². The van der Waals surface area contributed by atoms with E-state index in [0.717, 1.165) is 22.5 Å². The first kappa shape index (κ1) is 28.3. The number of halogens is 1. The lowest BCUT2D eigenvalue weighted by Crippen LogP contribution is -2.52. The molecule has 1 N–H and O–H groups in total. The zero-order chi connectivity index (χ0) is 26.3. The van der Waals surface area contributed by atoms with Gasteiger partial charge < -0.3 is 10.2 Å². The molecule has 35 heavy (non-hydrogen) atoms. The molecule has 0 aliphatic rings. The Balaban J connectivity index is 2.44. The van der Waals surface area contributed by atoms with Gasteiger partial charge in [0.05, 0.1) is 11.9 Å². The minimum absolute atomic E-state index is 0.0254. The van der Waals surface area contributed by atoms with Gasteiger partial charge in [0, 0.05) is 12.6 Å². The first-order valence-electron chi connectivity index (χ1n) is 11.8. The average Bonchev–Trinajstić information content (AvgIpc) is 2.80. The maximum atomic E-state index is 13.6. The van der Waals surface area contributed by atoms with E-state index in [4.69, 9.17) is 0 Å². The van der Waals surface area contributed by atoms with E-state index in [1.54, 1.807) is 19.1 Å². The molecule has 7 nitrogen and oxygen atoms in total. The Kier molecular flexibility index (Phi) is 9.82. The van der Waals surface area contributed by atoms with Crippen molar-refractivity contribution in [3.8, 4) is 0 Å². The van der Waals surface area contributed by atoms with Crippen molar-refractivity contribution in [3.63, 3.8) is 0 Å². The van der Waals surface area contributed by atoms with Gasteiger partial charge in [0.15, 0.2) is 0 Å². The van der Waals surface area contributed by atoms with Crippen LogP contribution in [0.3, 0.4) is 0 Å². The predicted molar refractivity (Wildman–Crippen MR) is 137 cm³/mol. The Morgan fingerprint density at radius 2 is 1.60 bits per heavy atom. The van der Waals surface area contributed by atoms with Crippen molar-refractivity contribution in [2.24, 2.45) is 0 Å². The van der Waals surface area contributed by atoms with Crippen molar-refractivity contribution in [2.75, 3.05) is 17.1 Å². The summed E-state index contributed by atoms with van der Waals surface area (Å²) >= 11 is 0. The van der Waals surface area contributed by atoms with E-state index in [1.165, 1.54) is 29.2 Å². The van der Waals surface area contributed by atoms with Crippen LogP contribution < -0.4 is 9.62 Å². The molecule has 0 saturated carbocycles. The van der Waals surface area contributed by atoms with Crippen LogP contribution in [-0.2, 0) is 26.2 Å². The number of sulfonamides is 1. The van der Waals surface area contributed by atoms with Crippen LogP contribution in [-0.4, -0.2) is 50.0 Å². The van der Waals surface area contributed by atoms with Crippen LogP contribution in [0.5, 0.6) is 0 Å². The normalized spacial score (nSPS) is 13.3. The number of rotatable bonds is 11. The monoisotopic (exact) mass is 505 g/mol. The van der Waals surface area contributed by atoms with Crippen LogP contribution in [0.25, 0.3) is 0 Å². The Labute approximate surface area is 208 Å². The minimum atomic E-state index is -3.81. The lowest BCUT2D eigenvalue weighted by Gasteiger charge is -2.32. The molecule has 2 aromatic carbocycles. The molecule has 2 rings (SSSR count). The second-order valence-corrected chi connectivity index (χ2v) is 11.0. The first-order chi connectivity index (χ1) is 16.3. The number of carbonyl (C=O) groups is 2. The minimum Gasteiger partial charge on any atom is -0.352 e. The molecular formula is C26H36FN3O4S. The van der Waals surface area contributed by atoms with Gasteiger partial charge >= 0.3 is 0 Å². The quantitative estimate of drug-likeness (QED) is 0.499. The third-order valence-electron chi connectivity index (χ3n) is 5.94. The van der Waals surface area contributed by atoms with E-state index in [2.05, 4.69) is 5.32 Å². The van der Waals surface area contributed by atoms with E-state index in [1.807, 2.05) is 39.8 Å². The molecule has 2 unspecified atom stereocenters. The number of hydrogen-bond acceptors (Lipinski definition) is 4. The fourth-order valence-electron chi connectivity index (χ4n) is 3.63. The van der Waals surface area contributed by atoms with Crippen LogP contribution in [0.15, 0.2) is 48.5 Å². The van der Waals surface area contributed by atoms with Crippen LogP contribution in [0, 0.1) is 5.82 Å². The molecule has 0 spiro atoms. The lowest BCUT2D eigenvalue weighted by atomic mass is 10.0. The molecule has 0 aliphatic heterocycles. The van der Waals surface area contributed by atoms with Crippen molar-refractivity contribution in [2.45, 2.75) is 65.6 Å². The number of hydrogen-bond donors (Lipinski definition) is 1. The maximum absolute atomic E-state index is 13.6. The Bertz CT molecular complexity index is 1120. The third kappa shape index (κ3) is 7.78. The molecule has 2 atom stereocenters. The van der Waals surface area contributed by atoms with Gasteiger partial charge in [0.1, 0.15) is 18.4 Å². The van der Waals surface area contributed by atoms with Gasteiger partial charge in [-0.25, -0.2) is 12.8 Å². The van der Waals surface area contributed by atoms with Gasteiger partial charge in [-0.2, -0.15) is 0 Å². The van der Waals surface area contributed by atoms with Crippen molar-refractivity contribution >= 4 is 27.5 Å². The highest BCUT2D eigenvalue weighted by Crippen LogP contribution is 2.29. The van der Waals surface area contributed by atoms with Crippen LogP contribution in [0.2, 0.25) is 0 Å². The summed E-state index contributed by atoms with van der Waals surface area (Å²) in [7, 11) is -3.81. The highest BCUT2D eigenvalue weighted by atomic mass is 32.2. The molecule has 0 fully saturated rings. The topological polar surface area (TPSA) is 86.8 Å². The maximum Gasteiger partial charge on any atom is 0.244 e. The van der Waals surface area contributed by atoms with Gasteiger partial charge in [-0.15, -0.1) is 0 Å². The fourth-order valence-corrected chi connectivity index (χ4v) is 4.50. The number of carbonyl (C=O) groups excluding carboxylic acids is 2. The molecule has 0 aromatic heterocycles. The number of amides is 2. The molecular weight excluding hydrogens is 469 g/mol. The Morgan fingerprint density at radius 1 is 1.00 bits per heavy atom. The summed E-state index contributed by atoms with van der Waals surface area (Å²) in [6.45, 7) is 8.86. The number of nitrogens with zero attached hydrogens (tertiary/aromatic N) is 2. The van der Waals surface area contributed by atoms with Gasteiger partial charge in [0.25, 0.3) is 0 Å². The number of benzene rings is 2. The summed E-state index contributed by atoms with van der Waals surface area (Å²) < 4.78 is 40.1. The second-order valence-electron chi connectivity index (χ2n) is 9.13. The highest BCUT2D eigenvalue weighted by molar-refractivity contribution is 7.92. The number of para-hydroxylation sites is 1. The molecule has 9 heteroatoms. The van der Waals surface area contributed by atoms with Crippen LogP contribution in [0.1, 0.15) is 58.1 Å². The number of anilines is 1.